The molecular weight excluding hydrogens is 260 g/mol. The summed E-state index contributed by atoms with van der Waals surface area (Å²) in [6.45, 7) is 0.817. The van der Waals surface area contributed by atoms with E-state index in [-0.39, 0.29) is 5.91 Å². The molecule has 0 radical (unpaired) electrons. The number of aromatic nitrogens is 1. The summed E-state index contributed by atoms with van der Waals surface area (Å²) >= 11 is 1.24. The number of carbonyl (C=O) groups excluding carboxylic acids is 1. The van der Waals surface area contributed by atoms with Gasteiger partial charge in [-0.1, -0.05) is 11.6 Å². The lowest BCUT2D eigenvalue weighted by Gasteiger charge is -2.13. The van der Waals surface area contributed by atoms with Crippen LogP contribution in [-0.4, -0.2) is 23.9 Å². The highest BCUT2D eigenvalue weighted by atomic mass is 32.1. The van der Waals surface area contributed by atoms with Crippen LogP contribution in [0.2, 0.25) is 0 Å². The van der Waals surface area contributed by atoms with E-state index in [0.717, 1.165) is 18.0 Å². The van der Waals surface area contributed by atoms with Gasteiger partial charge < -0.3 is 16.4 Å². The molecule has 19 heavy (non-hydrogen) atoms. The Kier molecular flexibility index (Phi) is 4.79. The SMILES string of the molecule is CNC(=O)c1c(N)nsc1NCCC1=CCCCC1. The number of nitrogen functional groups attached to an aromatic ring is 1. The molecule has 5 nitrogen and oxygen atoms in total. The third-order valence-corrected chi connectivity index (χ3v) is 4.11. The fourth-order valence-corrected chi connectivity index (χ4v) is 2.97. The normalized spacial score (nSPS) is 14.9. The average molecular weight is 280 g/mol. The molecule has 1 amide bonds. The topological polar surface area (TPSA) is 80.0 Å². The zero-order valence-corrected chi connectivity index (χ0v) is 12.0. The molecule has 0 spiro atoms. The van der Waals surface area contributed by atoms with Gasteiger partial charge in [-0.15, -0.1) is 0 Å². The van der Waals surface area contributed by atoms with Crippen molar-refractivity contribution < 1.29 is 4.79 Å². The molecule has 0 aliphatic heterocycles. The van der Waals surface area contributed by atoms with Crippen LogP contribution >= 0.6 is 11.5 Å². The Hall–Kier alpha value is -1.56. The molecule has 0 saturated carbocycles. The number of hydrogen-bond acceptors (Lipinski definition) is 5. The van der Waals surface area contributed by atoms with Crippen molar-refractivity contribution >= 4 is 28.3 Å². The smallest absolute Gasteiger partial charge is 0.257 e. The minimum Gasteiger partial charge on any atom is -0.382 e. The molecule has 1 aromatic rings. The Morgan fingerprint density at radius 3 is 3.05 bits per heavy atom. The Balaban J connectivity index is 1.92. The number of nitrogens with zero attached hydrogens (tertiary/aromatic N) is 1. The maximum atomic E-state index is 11.7. The zero-order valence-electron chi connectivity index (χ0n) is 11.2. The van der Waals surface area contributed by atoms with Crippen molar-refractivity contribution in [1.29, 1.82) is 0 Å². The summed E-state index contributed by atoms with van der Waals surface area (Å²) < 4.78 is 4.03. The van der Waals surface area contributed by atoms with Gasteiger partial charge in [0.2, 0.25) is 0 Å². The third kappa shape index (κ3) is 3.47. The summed E-state index contributed by atoms with van der Waals surface area (Å²) in [5, 5.41) is 6.61. The Labute approximate surface area is 117 Å². The van der Waals surface area contributed by atoms with Crippen molar-refractivity contribution in [2.45, 2.75) is 32.1 Å². The van der Waals surface area contributed by atoms with Crippen LogP contribution in [0.5, 0.6) is 0 Å². The van der Waals surface area contributed by atoms with Crippen LogP contribution in [-0.2, 0) is 0 Å². The summed E-state index contributed by atoms with van der Waals surface area (Å²) in [7, 11) is 1.59. The van der Waals surface area contributed by atoms with Gasteiger partial charge in [-0.05, 0) is 43.6 Å². The second-order valence-corrected chi connectivity index (χ2v) is 5.41. The maximum absolute atomic E-state index is 11.7. The van der Waals surface area contributed by atoms with Gasteiger partial charge in [0.15, 0.2) is 5.82 Å². The molecule has 1 aliphatic rings. The molecule has 0 atom stereocenters. The van der Waals surface area contributed by atoms with Gasteiger partial charge in [0, 0.05) is 13.6 Å². The quantitative estimate of drug-likeness (QED) is 0.723. The first-order chi connectivity index (χ1) is 9.22. The van der Waals surface area contributed by atoms with Gasteiger partial charge in [0.05, 0.1) is 0 Å². The molecule has 1 aromatic heterocycles. The summed E-state index contributed by atoms with van der Waals surface area (Å²) in [5.41, 5.74) is 7.69. The summed E-state index contributed by atoms with van der Waals surface area (Å²) in [6.07, 6.45) is 8.37. The number of nitrogens with one attached hydrogen (secondary N) is 2. The van der Waals surface area contributed by atoms with Crippen LogP contribution < -0.4 is 16.4 Å². The highest BCUT2D eigenvalue weighted by Gasteiger charge is 2.17. The lowest BCUT2D eigenvalue weighted by molar-refractivity contribution is 0.0965. The van der Waals surface area contributed by atoms with E-state index in [1.807, 2.05) is 0 Å². The molecule has 104 valence electrons. The predicted octanol–water partition coefficient (Wildman–Crippen LogP) is 2.39. The van der Waals surface area contributed by atoms with Crippen LogP contribution in [0.3, 0.4) is 0 Å². The van der Waals surface area contributed by atoms with E-state index >= 15 is 0 Å². The van der Waals surface area contributed by atoms with E-state index in [0.29, 0.717) is 11.4 Å². The van der Waals surface area contributed by atoms with Gasteiger partial charge in [-0.25, -0.2) is 0 Å². The molecule has 6 heteroatoms. The molecule has 0 bridgehead atoms. The average Bonchev–Trinajstić information content (AvgIpc) is 2.80. The molecule has 1 aliphatic carbocycles. The van der Waals surface area contributed by atoms with Crippen molar-refractivity contribution in [3.63, 3.8) is 0 Å². The summed E-state index contributed by atoms with van der Waals surface area (Å²) in [4.78, 5) is 11.7. The largest absolute Gasteiger partial charge is 0.382 e. The second kappa shape index (κ2) is 6.56. The van der Waals surface area contributed by atoms with E-state index < -0.39 is 0 Å². The fraction of sp³-hybridized carbons (Fsp3) is 0.538. The predicted molar refractivity (Wildman–Crippen MR) is 79.6 cm³/mol. The van der Waals surface area contributed by atoms with Crippen molar-refractivity contribution in [2.24, 2.45) is 0 Å². The Morgan fingerprint density at radius 2 is 2.37 bits per heavy atom. The van der Waals surface area contributed by atoms with Crippen LogP contribution in [0, 0.1) is 0 Å². The van der Waals surface area contributed by atoms with Gasteiger partial charge in [-0.2, -0.15) is 4.37 Å². The van der Waals surface area contributed by atoms with Crippen molar-refractivity contribution in [3.05, 3.63) is 17.2 Å². The molecule has 0 fully saturated rings. The zero-order chi connectivity index (χ0) is 13.7. The Bertz CT molecular complexity index is 481. The van der Waals surface area contributed by atoms with Crippen LogP contribution in [0.1, 0.15) is 42.5 Å². The highest BCUT2D eigenvalue weighted by molar-refractivity contribution is 7.11. The van der Waals surface area contributed by atoms with Crippen LogP contribution in [0.4, 0.5) is 10.8 Å². The molecule has 4 N–H and O–H groups in total. The van der Waals surface area contributed by atoms with E-state index in [9.17, 15) is 4.79 Å². The maximum Gasteiger partial charge on any atom is 0.257 e. The molecule has 0 unspecified atom stereocenters. The first-order valence-electron chi connectivity index (χ1n) is 6.61. The minimum absolute atomic E-state index is 0.189. The van der Waals surface area contributed by atoms with E-state index in [1.165, 1.54) is 42.8 Å². The lowest BCUT2D eigenvalue weighted by Crippen LogP contribution is -2.20. The summed E-state index contributed by atoms with van der Waals surface area (Å²) in [6, 6.07) is 0. The first-order valence-corrected chi connectivity index (χ1v) is 7.38. The van der Waals surface area contributed by atoms with Gasteiger partial charge in [-0.3, -0.25) is 4.79 Å². The molecule has 0 aromatic carbocycles. The van der Waals surface area contributed by atoms with E-state index in [1.54, 1.807) is 7.05 Å². The number of allylic oxidation sites excluding steroid dienone is 1. The van der Waals surface area contributed by atoms with Gasteiger partial charge >= 0.3 is 0 Å². The van der Waals surface area contributed by atoms with Crippen molar-refractivity contribution in [2.75, 3.05) is 24.6 Å². The highest BCUT2D eigenvalue weighted by Crippen LogP contribution is 2.27. The van der Waals surface area contributed by atoms with Gasteiger partial charge in [0.1, 0.15) is 10.6 Å². The Morgan fingerprint density at radius 1 is 1.53 bits per heavy atom. The van der Waals surface area contributed by atoms with Crippen LogP contribution in [0.15, 0.2) is 11.6 Å². The number of nitrogens with two attached hydrogens (primary N) is 1. The van der Waals surface area contributed by atoms with Crippen molar-refractivity contribution in [1.82, 2.24) is 9.69 Å². The number of carbonyl (C=O) groups is 1. The molecule has 1 heterocycles. The number of amides is 1. The second-order valence-electron chi connectivity index (χ2n) is 4.64. The molecule has 2 rings (SSSR count). The van der Waals surface area contributed by atoms with Crippen molar-refractivity contribution in [3.8, 4) is 0 Å². The monoisotopic (exact) mass is 280 g/mol. The third-order valence-electron chi connectivity index (χ3n) is 3.29. The summed E-state index contributed by atoms with van der Waals surface area (Å²) in [5.74, 6) is 0.106. The molecular formula is C13H20N4OS. The van der Waals surface area contributed by atoms with E-state index in [2.05, 4.69) is 21.1 Å². The minimum atomic E-state index is -0.189. The lowest BCUT2D eigenvalue weighted by atomic mass is 9.97. The first kappa shape index (κ1) is 13.9. The number of hydrogen-bond donors (Lipinski definition) is 3. The number of rotatable bonds is 5. The van der Waals surface area contributed by atoms with Gasteiger partial charge in [0.25, 0.3) is 5.91 Å². The van der Waals surface area contributed by atoms with E-state index in [4.69, 9.17) is 5.73 Å². The number of anilines is 2. The fourth-order valence-electron chi connectivity index (χ4n) is 2.24. The standard InChI is InChI=1S/C13H20N4OS/c1-15-12(18)10-11(14)17-19-13(10)16-8-7-9-5-3-2-4-6-9/h5,16H,2-4,6-8H2,1H3,(H2,14,17)(H,15,18). The molecule has 0 saturated heterocycles. The van der Waals surface area contributed by atoms with Crippen LogP contribution in [0.25, 0.3) is 0 Å².